The molecule has 0 aliphatic carbocycles. The maximum Gasteiger partial charge on any atom is 0.241 e. The maximum absolute atomic E-state index is 12.4. The lowest BCUT2D eigenvalue weighted by molar-refractivity contribution is -0.128. The molecule has 0 aliphatic heterocycles. The van der Waals surface area contributed by atoms with E-state index in [1.807, 2.05) is 0 Å². The summed E-state index contributed by atoms with van der Waals surface area (Å²) in [4.78, 5) is 12.2. The first-order valence-electron chi connectivity index (χ1n) is 7.37. The van der Waals surface area contributed by atoms with Gasteiger partial charge in [-0.2, -0.15) is 4.72 Å². The third-order valence-corrected chi connectivity index (χ3v) is 4.85. The highest BCUT2D eigenvalue weighted by Gasteiger charge is 2.24. The largest absolute Gasteiger partial charge is 0.497 e. The molecule has 136 valence electrons. The van der Waals surface area contributed by atoms with E-state index in [4.69, 9.17) is 14.2 Å². The van der Waals surface area contributed by atoms with Crippen LogP contribution in [0, 0.1) is 0 Å². The average molecular weight is 360 g/mol. The molecule has 0 fully saturated rings. The van der Waals surface area contributed by atoms with Gasteiger partial charge in [0.25, 0.3) is 0 Å². The summed E-state index contributed by atoms with van der Waals surface area (Å²) in [7, 11) is 0.569. The van der Waals surface area contributed by atoms with Crippen LogP contribution in [0.2, 0.25) is 0 Å². The summed E-state index contributed by atoms with van der Waals surface area (Å²) in [5.74, 6) is 0.0950. The van der Waals surface area contributed by atoms with Gasteiger partial charge < -0.3 is 19.5 Å². The third kappa shape index (κ3) is 5.75. The van der Waals surface area contributed by atoms with E-state index in [-0.39, 0.29) is 11.4 Å². The molecule has 1 atom stereocenters. The van der Waals surface area contributed by atoms with Crippen LogP contribution in [0.1, 0.15) is 13.3 Å². The number of benzene rings is 1. The Hall–Kier alpha value is -1.68. The molecule has 0 unspecified atom stereocenters. The number of amides is 1. The number of hydrogen-bond acceptors (Lipinski definition) is 6. The van der Waals surface area contributed by atoms with Crippen LogP contribution in [0.4, 0.5) is 0 Å². The van der Waals surface area contributed by atoms with E-state index in [1.165, 1.54) is 45.6 Å². The standard InChI is InChI=1S/C15H24N2O6S/c1-5-13(15(18)16-10-14(22-3)23-4)17-24(19,20)12-8-6-11(21-2)7-9-12/h6-9,13-14,17H,5,10H2,1-4H3,(H,16,18)/t13-/m1/s1. The molecular weight excluding hydrogens is 336 g/mol. The summed E-state index contributed by atoms with van der Waals surface area (Å²) in [6, 6.07) is 5.01. The number of methoxy groups -OCH3 is 3. The molecule has 1 rings (SSSR count). The first-order valence-corrected chi connectivity index (χ1v) is 8.86. The second kappa shape index (κ2) is 9.58. The van der Waals surface area contributed by atoms with Gasteiger partial charge in [0, 0.05) is 14.2 Å². The molecule has 0 bridgehead atoms. The summed E-state index contributed by atoms with van der Waals surface area (Å²) in [5.41, 5.74) is 0. The van der Waals surface area contributed by atoms with E-state index in [9.17, 15) is 13.2 Å². The van der Waals surface area contributed by atoms with Crippen LogP contribution in [0.3, 0.4) is 0 Å². The molecule has 1 amide bonds. The Bertz CT molecular complexity index is 613. The molecule has 0 aromatic heterocycles. The van der Waals surface area contributed by atoms with Crippen molar-refractivity contribution in [3.05, 3.63) is 24.3 Å². The zero-order valence-electron chi connectivity index (χ0n) is 14.2. The normalized spacial score (nSPS) is 12.9. The number of nitrogens with one attached hydrogen (secondary N) is 2. The minimum absolute atomic E-state index is 0.0567. The van der Waals surface area contributed by atoms with Crippen molar-refractivity contribution in [2.45, 2.75) is 30.6 Å². The van der Waals surface area contributed by atoms with Gasteiger partial charge in [0.05, 0.1) is 18.6 Å². The van der Waals surface area contributed by atoms with Crippen molar-refractivity contribution in [2.24, 2.45) is 0 Å². The fourth-order valence-corrected chi connectivity index (χ4v) is 3.18. The highest BCUT2D eigenvalue weighted by molar-refractivity contribution is 7.89. The van der Waals surface area contributed by atoms with Gasteiger partial charge in [-0.05, 0) is 30.7 Å². The van der Waals surface area contributed by atoms with Crippen LogP contribution < -0.4 is 14.8 Å². The fourth-order valence-electron chi connectivity index (χ4n) is 1.90. The first kappa shape index (κ1) is 20.4. The van der Waals surface area contributed by atoms with Crippen LogP contribution in [0.15, 0.2) is 29.2 Å². The molecule has 0 radical (unpaired) electrons. The van der Waals surface area contributed by atoms with E-state index >= 15 is 0 Å². The molecule has 0 aliphatic rings. The topological polar surface area (TPSA) is 103 Å². The average Bonchev–Trinajstić information content (AvgIpc) is 2.60. The van der Waals surface area contributed by atoms with Crippen molar-refractivity contribution < 1.29 is 27.4 Å². The second-order valence-corrected chi connectivity index (χ2v) is 6.62. The molecule has 2 N–H and O–H groups in total. The van der Waals surface area contributed by atoms with Crippen molar-refractivity contribution in [1.82, 2.24) is 10.0 Å². The Balaban J connectivity index is 2.76. The van der Waals surface area contributed by atoms with Crippen molar-refractivity contribution >= 4 is 15.9 Å². The minimum Gasteiger partial charge on any atom is -0.497 e. The summed E-state index contributed by atoms with van der Waals surface area (Å²) >= 11 is 0. The van der Waals surface area contributed by atoms with Gasteiger partial charge in [0.15, 0.2) is 6.29 Å². The molecule has 24 heavy (non-hydrogen) atoms. The van der Waals surface area contributed by atoms with Gasteiger partial charge in [-0.15, -0.1) is 0 Å². The summed E-state index contributed by atoms with van der Waals surface area (Å²) in [6.45, 7) is 1.83. The smallest absolute Gasteiger partial charge is 0.241 e. The van der Waals surface area contributed by atoms with Gasteiger partial charge in [-0.3, -0.25) is 4.79 Å². The quantitative estimate of drug-likeness (QED) is 0.589. The lowest BCUT2D eigenvalue weighted by Gasteiger charge is -2.19. The van der Waals surface area contributed by atoms with E-state index in [0.717, 1.165) is 0 Å². The van der Waals surface area contributed by atoms with Gasteiger partial charge in [0.1, 0.15) is 11.8 Å². The number of rotatable bonds is 10. The Morgan fingerprint density at radius 1 is 1.12 bits per heavy atom. The van der Waals surface area contributed by atoms with E-state index in [0.29, 0.717) is 12.2 Å². The van der Waals surface area contributed by atoms with Gasteiger partial charge in [-0.1, -0.05) is 6.92 Å². The van der Waals surface area contributed by atoms with Crippen LogP contribution in [0.25, 0.3) is 0 Å². The molecule has 0 saturated heterocycles. The number of carbonyl (C=O) groups excluding carboxylic acids is 1. The zero-order chi connectivity index (χ0) is 18.2. The van der Waals surface area contributed by atoms with Crippen molar-refractivity contribution in [1.29, 1.82) is 0 Å². The summed E-state index contributed by atoms with van der Waals surface area (Å²) in [5, 5.41) is 2.59. The van der Waals surface area contributed by atoms with Crippen molar-refractivity contribution in [3.8, 4) is 5.75 Å². The Labute approximate surface area is 142 Å². The molecule has 0 heterocycles. The Morgan fingerprint density at radius 2 is 1.71 bits per heavy atom. The zero-order valence-corrected chi connectivity index (χ0v) is 15.1. The molecule has 1 aromatic rings. The van der Waals surface area contributed by atoms with Gasteiger partial charge in [0.2, 0.25) is 15.9 Å². The second-order valence-electron chi connectivity index (χ2n) is 4.90. The minimum atomic E-state index is -3.82. The predicted molar refractivity (Wildman–Crippen MR) is 88.2 cm³/mol. The lowest BCUT2D eigenvalue weighted by atomic mass is 10.2. The van der Waals surface area contributed by atoms with E-state index < -0.39 is 28.3 Å². The Morgan fingerprint density at radius 3 is 2.17 bits per heavy atom. The summed E-state index contributed by atoms with van der Waals surface area (Å²) < 4.78 is 42.1. The number of carbonyl (C=O) groups is 1. The monoisotopic (exact) mass is 360 g/mol. The lowest BCUT2D eigenvalue weighted by Crippen LogP contribution is -2.48. The van der Waals surface area contributed by atoms with E-state index in [2.05, 4.69) is 10.0 Å². The number of hydrogen-bond donors (Lipinski definition) is 2. The first-order chi connectivity index (χ1) is 11.4. The molecule has 9 heteroatoms. The predicted octanol–water partition coefficient (Wildman–Crippen LogP) is 0.487. The molecule has 8 nitrogen and oxygen atoms in total. The van der Waals surface area contributed by atoms with Gasteiger partial charge >= 0.3 is 0 Å². The third-order valence-electron chi connectivity index (χ3n) is 3.36. The summed E-state index contributed by atoms with van der Waals surface area (Å²) in [6.07, 6.45) is -0.295. The van der Waals surface area contributed by atoms with Crippen LogP contribution in [-0.2, 0) is 24.3 Å². The molecule has 1 aromatic carbocycles. The highest BCUT2D eigenvalue weighted by Crippen LogP contribution is 2.16. The van der Waals surface area contributed by atoms with Crippen LogP contribution in [0.5, 0.6) is 5.75 Å². The highest BCUT2D eigenvalue weighted by atomic mass is 32.2. The van der Waals surface area contributed by atoms with Crippen LogP contribution >= 0.6 is 0 Å². The van der Waals surface area contributed by atoms with Crippen molar-refractivity contribution in [3.63, 3.8) is 0 Å². The molecule has 0 saturated carbocycles. The van der Waals surface area contributed by atoms with Crippen LogP contribution in [-0.4, -0.2) is 54.5 Å². The molecular formula is C15H24N2O6S. The Kier molecular flexibility index (Phi) is 8.13. The van der Waals surface area contributed by atoms with Gasteiger partial charge in [-0.25, -0.2) is 8.42 Å². The van der Waals surface area contributed by atoms with Crippen molar-refractivity contribution in [2.75, 3.05) is 27.9 Å². The number of ether oxygens (including phenoxy) is 3. The maximum atomic E-state index is 12.4. The fraction of sp³-hybridized carbons (Fsp3) is 0.533. The SMILES string of the molecule is CC[C@@H](NS(=O)(=O)c1ccc(OC)cc1)C(=O)NCC(OC)OC. The molecule has 0 spiro atoms. The number of sulfonamides is 1. The van der Waals surface area contributed by atoms with E-state index in [1.54, 1.807) is 6.92 Å².